The van der Waals surface area contributed by atoms with E-state index in [4.69, 9.17) is 14.2 Å². The first-order chi connectivity index (χ1) is 14.6. The van der Waals surface area contributed by atoms with Gasteiger partial charge in [0, 0.05) is 16.8 Å². The van der Waals surface area contributed by atoms with Crippen molar-refractivity contribution in [3.63, 3.8) is 0 Å². The summed E-state index contributed by atoms with van der Waals surface area (Å²) in [7, 11) is 3.20. The topological polar surface area (TPSA) is 56.8 Å². The van der Waals surface area contributed by atoms with Gasteiger partial charge in [-0.1, -0.05) is 37.3 Å². The second kappa shape index (κ2) is 9.83. The van der Waals surface area contributed by atoms with Crippen LogP contribution in [0.25, 0.3) is 0 Å². The first-order valence-electron chi connectivity index (χ1n) is 9.90. The van der Waals surface area contributed by atoms with Crippen molar-refractivity contribution in [2.24, 2.45) is 0 Å². The summed E-state index contributed by atoms with van der Waals surface area (Å²) in [6.45, 7) is 4.32. The lowest BCUT2D eigenvalue weighted by molar-refractivity contribution is 0.102. The minimum absolute atomic E-state index is 0.166. The lowest BCUT2D eigenvalue weighted by Gasteiger charge is -2.15. The van der Waals surface area contributed by atoms with E-state index in [9.17, 15) is 4.79 Å². The minimum Gasteiger partial charge on any atom is -0.496 e. The highest BCUT2D eigenvalue weighted by Crippen LogP contribution is 2.29. The monoisotopic (exact) mass is 405 g/mol. The molecule has 0 heterocycles. The molecule has 0 spiro atoms. The molecule has 5 nitrogen and oxygen atoms in total. The van der Waals surface area contributed by atoms with Gasteiger partial charge in [0.25, 0.3) is 5.91 Å². The molecule has 156 valence electrons. The molecule has 0 saturated carbocycles. The molecule has 0 aliphatic rings. The number of para-hydroxylation sites is 3. The highest BCUT2D eigenvalue weighted by Gasteiger charge is 2.14. The molecule has 0 bridgehead atoms. The van der Waals surface area contributed by atoms with Crippen LogP contribution in [0.15, 0.2) is 60.7 Å². The molecule has 3 aromatic rings. The molecular weight excluding hydrogens is 378 g/mol. The number of anilines is 1. The van der Waals surface area contributed by atoms with Gasteiger partial charge in [0.05, 0.1) is 14.2 Å². The van der Waals surface area contributed by atoms with E-state index in [-0.39, 0.29) is 12.5 Å². The van der Waals surface area contributed by atoms with Crippen molar-refractivity contribution in [3.8, 4) is 17.2 Å². The second-order valence-electron chi connectivity index (χ2n) is 6.88. The van der Waals surface area contributed by atoms with Crippen LogP contribution in [0.2, 0.25) is 0 Å². The number of ether oxygens (including phenoxy) is 3. The van der Waals surface area contributed by atoms with E-state index in [1.165, 1.54) is 0 Å². The van der Waals surface area contributed by atoms with Crippen molar-refractivity contribution in [1.82, 2.24) is 0 Å². The fourth-order valence-corrected chi connectivity index (χ4v) is 3.31. The first-order valence-corrected chi connectivity index (χ1v) is 9.90. The smallest absolute Gasteiger partial charge is 0.255 e. The van der Waals surface area contributed by atoms with Gasteiger partial charge in [0.1, 0.15) is 12.4 Å². The van der Waals surface area contributed by atoms with Crippen molar-refractivity contribution in [1.29, 1.82) is 0 Å². The van der Waals surface area contributed by atoms with Crippen molar-refractivity contribution in [2.75, 3.05) is 19.5 Å². The summed E-state index contributed by atoms with van der Waals surface area (Å²) in [5.41, 5.74) is 4.33. The molecule has 0 aliphatic carbocycles. The summed E-state index contributed by atoms with van der Waals surface area (Å²) < 4.78 is 16.7. The van der Waals surface area contributed by atoms with Crippen LogP contribution < -0.4 is 19.5 Å². The van der Waals surface area contributed by atoms with Crippen molar-refractivity contribution >= 4 is 11.6 Å². The summed E-state index contributed by atoms with van der Waals surface area (Å²) in [6, 6.07) is 18.8. The Morgan fingerprint density at radius 1 is 0.867 bits per heavy atom. The molecule has 5 heteroatoms. The third-order valence-electron chi connectivity index (χ3n) is 4.97. The fraction of sp³-hybridized carbons (Fsp3) is 0.240. The molecule has 0 atom stereocenters. The average molecular weight is 405 g/mol. The predicted octanol–water partition coefficient (Wildman–Crippen LogP) is 5.41. The molecule has 0 radical (unpaired) electrons. The summed E-state index contributed by atoms with van der Waals surface area (Å²) in [5.74, 6) is 1.77. The van der Waals surface area contributed by atoms with E-state index in [2.05, 4.69) is 12.2 Å². The van der Waals surface area contributed by atoms with Gasteiger partial charge in [-0.15, -0.1) is 0 Å². The number of amides is 1. The Morgan fingerprint density at radius 2 is 1.60 bits per heavy atom. The molecule has 0 unspecified atom stereocenters. The fourth-order valence-electron chi connectivity index (χ4n) is 3.31. The number of rotatable bonds is 8. The van der Waals surface area contributed by atoms with Gasteiger partial charge in [-0.3, -0.25) is 4.79 Å². The molecular formula is C25H27NO4. The Morgan fingerprint density at radius 3 is 2.30 bits per heavy atom. The van der Waals surface area contributed by atoms with E-state index in [1.54, 1.807) is 32.4 Å². The number of hydrogen-bond donors (Lipinski definition) is 1. The largest absolute Gasteiger partial charge is 0.496 e. The molecule has 30 heavy (non-hydrogen) atoms. The minimum atomic E-state index is -0.166. The van der Waals surface area contributed by atoms with Crippen LogP contribution in [-0.2, 0) is 13.0 Å². The third kappa shape index (κ3) is 4.74. The summed E-state index contributed by atoms with van der Waals surface area (Å²) in [4.78, 5) is 12.9. The molecule has 1 amide bonds. The zero-order chi connectivity index (χ0) is 21.5. The van der Waals surface area contributed by atoms with E-state index >= 15 is 0 Å². The van der Waals surface area contributed by atoms with Crippen LogP contribution in [0, 0.1) is 6.92 Å². The number of carbonyl (C=O) groups excluding carboxylic acids is 1. The SMILES string of the molecule is CCc1cccc(C)c1NC(=O)c1ccc(OC)c(COc2ccccc2OC)c1. The molecule has 0 fully saturated rings. The maximum absolute atomic E-state index is 12.9. The second-order valence-corrected chi connectivity index (χ2v) is 6.88. The molecule has 0 aliphatic heterocycles. The number of methoxy groups -OCH3 is 2. The average Bonchev–Trinajstić information content (AvgIpc) is 2.78. The standard InChI is InChI=1S/C25H27NO4/c1-5-18-10-8-9-17(2)24(18)26-25(27)19-13-14-21(28-3)20(15-19)16-30-23-12-7-6-11-22(23)29-4/h6-15H,5,16H2,1-4H3,(H,26,27). The number of benzene rings is 3. The summed E-state index contributed by atoms with van der Waals surface area (Å²) in [6.07, 6.45) is 0.845. The predicted molar refractivity (Wildman–Crippen MR) is 119 cm³/mol. The molecule has 3 aromatic carbocycles. The van der Waals surface area contributed by atoms with Crippen molar-refractivity contribution in [3.05, 3.63) is 82.9 Å². The van der Waals surface area contributed by atoms with Crippen LogP contribution in [-0.4, -0.2) is 20.1 Å². The summed E-state index contributed by atoms with van der Waals surface area (Å²) in [5, 5.41) is 3.06. The highest BCUT2D eigenvalue weighted by molar-refractivity contribution is 6.05. The lowest BCUT2D eigenvalue weighted by Crippen LogP contribution is -2.15. The molecule has 0 saturated heterocycles. The Balaban J connectivity index is 1.83. The first kappa shape index (κ1) is 21.2. The Bertz CT molecular complexity index is 1030. The van der Waals surface area contributed by atoms with Crippen molar-refractivity contribution in [2.45, 2.75) is 26.9 Å². The van der Waals surface area contributed by atoms with Crippen LogP contribution in [0.1, 0.15) is 34.0 Å². The Labute approximate surface area is 177 Å². The van der Waals surface area contributed by atoms with Gasteiger partial charge in [0.2, 0.25) is 0 Å². The van der Waals surface area contributed by atoms with Gasteiger partial charge < -0.3 is 19.5 Å². The Hall–Kier alpha value is -3.47. The van der Waals surface area contributed by atoms with Gasteiger partial charge in [-0.2, -0.15) is 0 Å². The van der Waals surface area contributed by atoms with Crippen LogP contribution in [0.4, 0.5) is 5.69 Å². The maximum atomic E-state index is 12.9. The zero-order valence-electron chi connectivity index (χ0n) is 17.8. The molecule has 3 rings (SSSR count). The molecule has 1 N–H and O–H groups in total. The third-order valence-corrected chi connectivity index (χ3v) is 4.97. The van der Waals surface area contributed by atoms with Gasteiger partial charge in [-0.25, -0.2) is 0 Å². The van der Waals surface area contributed by atoms with Gasteiger partial charge in [0.15, 0.2) is 11.5 Å². The number of nitrogens with one attached hydrogen (secondary N) is 1. The maximum Gasteiger partial charge on any atom is 0.255 e. The van der Waals surface area contributed by atoms with Crippen molar-refractivity contribution < 1.29 is 19.0 Å². The van der Waals surface area contributed by atoms with E-state index in [1.807, 2.05) is 49.4 Å². The van der Waals surface area contributed by atoms with E-state index < -0.39 is 0 Å². The number of aryl methyl sites for hydroxylation is 2. The highest BCUT2D eigenvalue weighted by atomic mass is 16.5. The van der Waals surface area contributed by atoms with Crippen LogP contribution >= 0.6 is 0 Å². The summed E-state index contributed by atoms with van der Waals surface area (Å²) >= 11 is 0. The lowest BCUT2D eigenvalue weighted by atomic mass is 10.0. The Kier molecular flexibility index (Phi) is 6.96. The zero-order valence-corrected chi connectivity index (χ0v) is 17.8. The normalized spacial score (nSPS) is 10.4. The van der Waals surface area contributed by atoms with Crippen LogP contribution in [0.3, 0.4) is 0 Å². The van der Waals surface area contributed by atoms with Gasteiger partial charge >= 0.3 is 0 Å². The number of hydrogen-bond acceptors (Lipinski definition) is 4. The molecule has 0 aromatic heterocycles. The van der Waals surface area contributed by atoms with E-state index in [0.29, 0.717) is 22.8 Å². The van der Waals surface area contributed by atoms with Gasteiger partial charge in [-0.05, 0) is 54.8 Å². The van der Waals surface area contributed by atoms with Crippen LogP contribution in [0.5, 0.6) is 17.2 Å². The van der Waals surface area contributed by atoms with E-state index in [0.717, 1.165) is 28.8 Å². The quantitative estimate of drug-likeness (QED) is 0.545. The number of carbonyl (C=O) groups is 1.